The fraction of sp³-hybridized carbons (Fsp3) is 0.234. The first-order valence-electron chi connectivity index (χ1n) is 17.2. The minimum atomic E-state index is -0.0552. The molecular weight excluding hydrogens is 565 g/mol. The van der Waals surface area contributed by atoms with Gasteiger partial charge < -0.3 is 0 Å². The minimum Gasteiger partial charge on any atom is -0.0619 e. The van der Waals surface area contributed by atoms with Crippen molar-refractivity contribution in [1.82, 2.24) is 0 Å². The van der Waals surface area contributed by atoms with Gasteiger partial charge in [0.15, 0.2) is 0 Å². The van der Waals surface area contributed by atoms with Crippen LogP contribution in [0.1, 0.15) is 86.1 Å². The number of hydrogen-bond acceptors (Lipinski definition) is 0. The van der Waals surface area contributed by atoms with Crippen molar-refractivity contribution in [3.05, 3.63) is 154 Å². The Morgan fingerprint density at radius 1 is 0.298 bits per heavy atom. The van der Waals surface area contributed by atoms with Crippen molar-refractivity contribution in [2.24, 2.45) is 0 Å². The first-order valence-corrected chi connectivity index (χ1v) is 17.2. The minimum absolute atomic E-state index is 0.0145. The van der Waals surface area contributed by atoms with Gasteiger partial charge in [-0.2, -0.15) is 0 Å². The van der Waals surface area contributed by atoms with Crippen LogP contribution in [0.15, 0.2) is 109 Å². The average Bonchev–Trinajstić information content (AvgIpc) is 3.53. The first kappa shape index (κ1) is 28.5. The van der Waals surface area contributed by atoms with Gasteiger partial charge in [0.1, 0.15) is 0 Å². The van der Waals surface area contributed by atoms with Crippen LogP contribution in [0.4, 0.5) is 0 Å². The standard InChI is InChI=1S/C47H42/c1-27-21-41-37(25-35(27)29-17-19-33-31-13-9-11-15-39(31)45(3,4)43(33)23-29)38-26-36(28(2)22-42(38)47(41,7)8)30-18-20-34-32-14-10-12-16-40(32)46(5,6)44(34)24-30/h9-26H,1-8H3. The molecule has 0 heteroatoms. The van der Waals surface area contributed by atoms with E-state index in [1.54, 1.807) is 0 Å². The van der Waals surface area contributed by atoms with Gasteiger partial charge in [0.2, 0.25) is 0 Å². The molecule has 6 aromatic carbocycles. The number of aryl methyl sites for hydroxylation is 2. The van der Waals surface area contributed by atoms with Crippen molar-refractivity contribution >= 4 is 0 Å². The van der Waals surface area contributed by atoms with Gasteiger partial charge in [0.25, 0.3) is 0 Å². The van der Waals surface area contributed by atoms with Crippen molar-refractivity contribution in [3.63, 3.8) is 0 Å². The van der Waals surface area contributed by atoms with Gasteiger partial charge in [0.05, 0.1) is 0 Å². The Bertz CT molecular complexity index is 2170. The molecule has 0 heterocycles. The molecule has 0 bridgehead atoms. The normalized spacial score (nSPS) is 16.6. The second-order valence-corrected chi connectivity index (χ2v) is 15.9. The maximum Gasteiger partial charge on any atom is 0.0159 e. The Balaban J connectivity index is 1.19. The summed E-state index contributed by atoms with van der Waals surface area (Å²) in [5.74, 6) is 0. The van der Waals surface area contributed by atoms with Crippen molar-refractivity contribution in [3.8, 4) is 55.6 Å². The fourth-order valence-electron chi connectivity index (χ4n) is 9.41. The van der Waals surface area contributed by atoms with Gasteiger partial charge in [-0.15, -0.1) is 0 Å². The van der Waals surface area contributed by atoms with Crippen LogP contribution in [0.2, 0.25) is 0 Å². The molecule has 9 rings (SSSR count). The van der Waals surface area contributed by atoms with Crippen LogP contribution in [0.3, 0.4) is 0 Å². The molecular formula is C47H42. The van der Waals surface area contributed by atoms with E-state index >= 15 is 0 Å². The maximum atomic E-state index is 2.50. The van der Waals surface area contributed by atoms with E-state index in [-0.39, 0.29) is 16.2 Å². The summed E-state index contributed by atoms with van der Waals surface area (Å²) >= 11 is 0. The highest BCUT2D eigenvalue weighted by Gasteiger charge is 2.39. The summed E-state index contributed by atoms with van der Waals surface area (Å²) in [5, 5.41) is 0. The summed E-state index contributed by atoms with van der Waals surface area (Å²) < 4.78 is 0. The molecule has 0 atom stereocenters. The van der Waals surface area contributed by atoms with Gasteiger partial charge in [-0.25, -0.2) is 0 Å². The third kappa shape index (κ3) is 3.70. The quantitative estimate of drug-likeness (QED) is 0.184. The molecule has 3 aliphatic rings. The molecule has 6 aromatic rings. The summed E-state index contributed by atoms with van der Waals surface area (Å²) in [6.07, 6.45) is 0. The van der Waals surface area contributed by atoms with E-state index in [9.17, 15) is 0 Å². The Kier molecular flexibility index (Phi) is 5.60. The SMILES string of the molecule is Cc1cc2c(cc1-c1ccc3c(c1)C(C)(C)c1ccccc1-3)-c1cc(-c3ccc4c(c3)C(C)(C)c3ccccc3-4)c(C)cc1C2(C)C. The van der Waals surface area contributed by atoms with Crippen LogP contribution in [0, 0.1) is 13.8 Å². The summed E-state index contributed by atoms with van der Waals surface area (Å²) in [4.78, 5) is 0. The van der Waals surface area contributed by atoms with Crippen molar-refractivity contribution < 1.29 is 0 Å². The topological polar surface area (TPSA) is 0 Å². The molecule has 0 saturated heterocycles. The van der Waals surface area contributed by atoms with Crippen molar-refractivity contribution in [1.29, 1.82) is 0 Å². The van der Waals surface area contributed by atoms with Crippen LogP contribution in [0.5, 0.6) is 0 Å². The van der Waals surface area contributed by atoms with Gasteiger partial charge in [-0.1, -0.05) is 126 Å². The molecule has 0 saturated carbocycles. The van der Waals surface area contributed by atoms with Crippen LogP contribution >= 0.6 is 0 Å². The van der Waals surface area contributed by atoms with Crippen molar-refractivity contribution in [2.45, 2.75) is 71.6 Å². The lowest BCUT2D eigenvalue weighted by atomic mass is 9.79. The monoisotopic (exact) mass is 606 g/mol. The zero-order chi connectivity index (χ0) is 32.6. The third-order valence-corrected chi connectivity index (χ3v) is 12.2. The molecule has 0 fully saturated rings. The molecule has 3 aliphatic carbocycles. The molecule has 0 amide bonds. The summed E-state index contributed by atoms with van der Waals surface area (Å²) in [5.41, 5.74) is 24.7. The average molecular weight is 607 g/mol. The molecule has 0 aliphatic heterocycles. The van der Waals surface area contributed by atoms with Gasteiger partial charge in [0, 0.05) is 16.2 Å². The Morgan fingerprint density at radius 2 is 0.638 bits per heavy atom. The van der Waals surface area contributed by atoms with Crippen molar-refractivity contribution in [2.75, 3.05) is 0 Å². The Hall–Kier alpha value is -4.68. The third-order valence-electron chi connectivity index (χ3n) is 12.2. The van der Waals surface area contributed by atoms with Gasteiger partial charge in [-0.3, -0.25) is 0 Å². The molecule has 230 valence electrons. The molecule has 47 heavy (non-hydrogen) atoms. The van der Waals surface area contributed by atoms with Crippen LogP contribution < -0.4 is 0 Å². The zero-order valence-corrected chi connectivity index (χ0v) is 28.9. The molecule has 0 spiro atoms. The van der Waals surface area contributed by atoms with Crippen LogP contribution in [-0.4, -0.2) is 0 Å². The van der Waals surface area contributed by atoms with E-state index in [4.69, 9.17) is 0 Å². The molecule has 0 unspecified atom stereocenters. The van der Waals surface area contributed by atoms with E-state index in [0.29, 0.717) is 0 Å². The summed E-state index contributed by atoms with van der Waals surface area (Å²) in [6, 6.07) is 42.1. The molecule has 0 nitrogen and oxygen atoms in total. The summed E-state index contributed by atoms with van der Waals surface area (Å²) in [7, 11) is 0. The van der Waals surface area contributed by atoms with Gasteiger partial charge >= 0.3 is 0 Å². The smallest absolute Gasteiger partial charge is 0.0159 e. The highest BCUT2D eigenvalue weighted by atomic mass is 14.4. The van der Waals surface area contributed by atoms with Crippen LogP contribution in [0.25, 0.3) is 55.6 Å². The first-order chi connectivity index (χ1) is 22.4. The highest BCUT2D eigenvalue weighted by molar-refractivity contribution is 5.91. The highest BCUT2D eigenvalue weighted by Crippen LogP contribution is 2.55. The number of rotatable bonds is 2. The van der Waals surface area contributed by atoms with E-state index in [2.05, 4.69) is 165 Å². The molecule has 0 N–H and O–H groups in total. The molecule has 0 aromatic heterocycles. The largest absolute Gasteiger partial charge is 0.0619 e. The lowest BCUT2D eigenvalue weighted by Crippen LogP contribution is -2.16. The van der Waals surface area contributed by atoms with E-state index in [0.717, 1.165) is 0 Å². The van der Waals surface area contributed by atoms with E-state index in [1.807, 2.05) is 0 Å². The number of hydrogen-bond donors (Lipinski definition) is 0. The Labute approximate surface area is 280 Å². The summed E-state index contributed by atoms with van der Waals surface area (Å²) in [6.45, 7) is 18.9. The Morgan fingerprint density at radius 3 is 1.06 bits per heavy atom. The van der Waals surface area contributed by atoms with Gasteiger partial charge in [-0.05, 0) is 138 Å². The second-order valence-electron chi connectivity index (χ2n) is 15.9. The fourth-order valence-corrected chi connectivity index (χ4v) is 9.41. The number of benzene rings is 6. The predicted octanol–water partition coefficient (Wildman–Crippen LogP) is 12.6. The van der Waals surface area contributed by atoms with Crippen LogP contribution in [-0.2, 0) is 16.2 Å². The van der Waals surface area contributed by atoms with E-state index in [1.165, 1.54) is 100 Å². The predicted molar refractivity (Wildman–Crippen MR) is 199 cm³/mol. The lowest BCUT2D eigenvalue weighted by Gasteiger charge is -2.24. The second kappa shape index (κ2) is 9.23. The number of fused-ring (bicyclic) bond motifs is 9. The molecule has 0 radical (unpaired) electrons. The van der Waals surface area contributed by atoms with E-state index < -0.39 is 0 Å². The lowest BCUT2D eigenvalue weighted by molar-refractivity contribution is 0.659. The zero-order valence-electron chi connectivity index (χ0n) is 28.9. The maximum absolute atomic E-state index is 2.50.